The molecule has 0 N–H and O–H groups in total. The fourth-order valence-electron chi connectivity index (χ4n) is 4.53. The molecule has 30 heavy (non-hydrogen) atoms. The lowest BCUT2D eigenvalue weighted by Gasteiger charge is -2.35. The van der Waals surface area contributed by atoms with E-state index >= 15 is 0 Å². The molecule has 1 amide bonds. The number of sulfonamides is 1. The van der Waals surface area contributed by atoms with Gasteiger partial charge >= 0.3 is 0 Å². The van der Waals surface area contributed by atoms with Crippen molar-refractivity contribution in [1.82, 2.24) is 9.21 Å². The fraction of sp³-hybridized carbons (Fsp3) is 0.435. The van der Waals surface area contributed by atoms with Crippen LogP contribution in [0.5, 0.6) is 0 Å². The van der Waals surface area contributed by atoms with E-state index in [1.54, 1.807) is 12.1 Å². The number of hydrogen-bond donors (Lipinski definition) is 0. The third kappa shape index (κ3) is 4.56. The number of likely N-dealkylation sites (tertiary alicyclic amines) is 1. The standard InChI is InChI=1S/C23H27ClN2O3S/c24-20-8-10-21(11-9-20)30(28,29)26-14-4-7-22(26)23(27)25-15-12-19(13-16-25)17-18-5-2-1-3-6-18/h1-3,5-6,8-11,19,22H,4,7,12-17H2/t22-/m0/s1. The van der Waals surface area contributed by atoms with Crippen molar-refractivity contribution in [3.63, 3.8) is 0 Å². The van der Waals surface area contributed by atoms with Crippen molar-refractivity contribution in [2.75, 3.05) is 19.6 Å². The molecule has 5 nitrogen and oxygen atoms in total. The van der Waals surface area contributed by atoms with Crippen LogP contribution < -0.4 is 0 Å². The summed E-state index contributed by atoms with van der Waals surface area (Å²) < 4.78 is 27.6. The van der Waals surface area contributed by atoms with Gasteiger partial charge < -0.3 is 4.90 Å². The highest BCUT2D eigenvalue weighted by molar-refractivity contribution is 7.89. The molecule has 2 saturated heterocycles. The molecule has 160 valence electrons. The van der Waals surface area contributed by atoms with E-state index in [9.17, 15) is 13.2 Å². The Kier molecular flexibility index (Phi) is 6.46. The first-order chi connectivity index (χ1) is 14.4. The van der Waals surface area contributed by atoms with Gasteiger partial charge in [0, 0.05) is 24.7 Å². The monoisotopic (exact) mass is 446 g/mol. The molecule has 0 aromatic heterocycles. The van der Waals surface area contributed by atoms with Crippen LogP contribution in [0.2, 0.25) is 5.02 Å². The highest BCUT2D eigenvalue weighted by Gasteiger charge is 2.41. The number of amides is 1. The minimum Gasteiger partial charge on any atom is -0.341 e. The third-order valence-corrected chi connectivity index (χ3v) is 8.38. The molecule has 2 aliphatic rings. The number of halogens is 1. The molecule has 7 heteroatoms. The second-order valence-electron chi connectivity index (χ2n) is 8.19. The largest absolute Gasteiger partial charge is 0.341 e. The molecule has 4 rings (SSSR count). The molecular formula is C23H27ClN2O3S. The van der Waals surface area contributed by atoms with Gasteiger partial charge in [-0.05, 0) is 67.9 Å². The number of benzene rings is 2. The van der Waals surface area contributed by atoms with Gasteiger partial charge in [-0.15, -0.1) is 0 Å². The highest BCUT2D eigenvalue weighted by atomic mass is 35.5. The van der Waals surface area contributed by atoms with Crippen LogP contribution in [0.25, 0.3) is 0 Å². The van der Waals surface area contributed by atoms with Crippen molar-refractivity contribution in [1.29, 1.82) is 0 Å². The molecule has 0 saturated carbocycles. The van der Waals surface area contributed by atoms with Crippen molar-refractivity contribution >= 4 is 27.5 Å². The number of piperidine rings is 1. The Morgan fingerprint density at radius 2 is 1.60 bits per heavy atom. The molecule has 2 heterocycles. The smallest absolute Gasteiger partial charge is 0.243 e. The van der Waals surface area contributed by atoms with Gasteiger partial charge in [-0.25, -0.2) is 8.42 Å². The average molecular weight is 447 g/mol. The predicted octanol–water partition coefficient (Wildman–Crippen LogP) is 3.97. The van der Waals surface area contributed by atoms with Gasteiger partial charge in [0.2, 0.25) is 15.9 Å². The second-order valence-corrected chi connectivity index (χ2v) is 10.5. The Morgan fingerprint density at radius 3 is 2.27 bits per heavy atom. The summed E-state index contributed by atoms with van der Waals surface area (Å²) in [5.41, 5.74) is 1.33. The fourth-order valence-corrected chi connectivity index (χ4v) is 6.31. The Bertz CT molecular complexity index is 971. The molecule has 2 fully saturated rings. The van der Waals surface area contributed by atoms with Crippen molar-refractivity contribution in [3.05, 3.63) is 65.2 Å². The van der Waals surface area contributed by atoms with Gasteiger partial charge in [-0.2, -0.15) is 4.31 Å². The first-order valence-corrected chi connectivity index (χ1v) is 12.4. The lowest BCUT2D eigenvalue weighted by atomic mass is 9.90. The van der Waals surface area contributed by atoms with Crippen LogP contribution in [-0.2, 0) is 21.2 Å². The molecule has 2 aromatic carbocycles. The summed E-state index contributed by atoms with van der Waals surface area (Å²) in [6.45, 7) is 1.77. The maximum Gasteiger partial charge on any atom is 0.243 e. The predicted molar refractivity (Wildman–Crippen MR) is 118 cm³/mol. The van der Waals surface area contributed by atoms with Gasteiger partial charge in [0.15, 0.2) is 0 Å². The zero-order valence-electron chi connectivity index (χ0n) is 16.9. The van der Waals surface area contributed by atoms with E-state index in [0.717, 1.165) is 19.3 Å². The zero-order chi connectivity index (χ0) is 21.1. The van der Waals surface area contributed by atoms with Crippen molar-refractivity contribution in [3.8, 4) is 0 Å². The van der Waals surface area contributed by atoms with Crippen LogP contribution in [-0.4, -0.2) is 49.2 Å². The Labute approximate surface area is 183 Å². The quantitative estimate of drug-likeness (QED) is 0.698. The SMILES string of the molecule is O=C([C@@H]1CCCN1S(=O)(=O)c1ccc(Cl)cc1)N1CCC(Cc2ccccc2)CC1. The van der Waals surface area contributed by atoms with E-state index in [-0.39, 0.29) is 10.8 Å². The molecule has 0 aliphatic carbocycles. The summed E-state index contributed by atoms with van der Waals surface area (Å²) >= 11 is 5.90. The lowest BCUT2D eigenvalue weighted by molar-refractivity contribution is -0.136. The summed E-state index contributed by atoms with van der Waals surface area (Å²) in [5.74, 6) is 0.511. The lowest BCUT2D eigenvalue weighted by Crippen LogP contribution is -2.50. The van der Waals surface area contributed by atoms with Gasteiger partial charge in [0.25, 0.3) is 0 Å². The van der Waals surface area contributed by atoms with Crippen LogP contribution >= 0.6 is 11.6 Å². The Balaban J connectivity index is 1.40. The molecule has 0 unspecified atom stereocenters. The second kappa shape index (κ2) is 9.08. The molecular weight excluding hydrogens is 420 g/mol. The van der Waals surface area contributed by atoms with E-state index in [1.807, 2.05) is 11.0 Å². The Morgan fingerprint density at radius 1 is 0.933 bits per heavy atom. The molecule has 0 bridgehead atoms. The molecule has 2 aliphatic heterocycles. The van der Waals surface area contributed by atoms with Gasteiger partial charge in [-0.1, -0.05) is 41.9 Å². The summed E-state index contributed by atoms with van der Waals surface area (Å²) in [7, 11) is -3.71. The van der Waals surface area contributed by atoms with Crippen molar-refractivity contribution in [2.45, 2.75) is 43.0 Å². The summed E-state index contributed by atoms with van der Waals surface area (Å²) in [6, 6.07) is 16.0. The maximum absolute atomic E-state index is 13.2. The first kappa shape index (κ1) is 21.3. The number of carbonyl (C=O) groups excluding carboxylic acids is 1. The Hall–Kier alpha value is -1.89. The highest BCUT2D eigenvalue weighted by Crippen LogP contribution is 2.30. The van der Waals surface area contributed by atoms with Gasteiger partial charge in [-0.3, -0.25) is 4.79 Å². The molecule has 0 spiro atoms. The topological polar surface area (TPSA) is 57.7 Å². The van der Waals surface area contributed by atoms with Crippen molar-refractivity contribution < 1.29 is 13.2 Å². The zero-order valence-corrected chi connectivity index (χ0v) is 18.5. The first-order valence-electron chi connectivity index (χ1n) is 10.6. The van der Waals surface area contributed by atoms with E-state index in [2.05, 4.69) is 24.3 Å². The summed E-state index contributed by atoms with van der Waals surface area (Å²) in [6.07, 6.45) is 4.22. The van der Waals surface area contributed by atoms with Gasteiger partial charge in [0.05, 0.1) is 4.90 Å². The average Bonchev–Trinajstić information content (AvgIpc) is 3.26. The van der Waals surface area contributed by atoms with Gasteiger partial charge in [0.1, 0.15) is 6.04 Å². The molecule has 0 radical (unpaired) electrons. The number of nitrogens with zero attached hydrogens (tertiary/aromatic N) is 2. The van der Waals surface area contributed by atoms with Crippen LogP contribution in [0.3, 0.4) is 0 Å². The minimum absolute atomic E-state index is 0.0526. The van der Waals surface area contributed by atoms with E-state index in [0.29, 0.717) is 43.4 Å². The van der Waals surface area contributed by atoms with Crippen LogP contribution in [0, 0.1) is 5.92 Å². The normalized spacial score (nSPS) is 21.1. The number of hydrogen-bond acceptors (Lipinski definition) is 3. The molecule has 1 atom stereocenters. The van der Waals surface area contributed by atoms with E-state index in [1.165, 1.54) is 22.0 Å². The number of carbonyl (C=O) groups is 1. The molecule has 2 aromatic rings. The van der Waals surface area contributed by atoms with E-state index < -0.39 is 16.1 Å². The summed E-state index contributed by atoms with van der Waals surface area (Å²) in [5, 5.41) is 0.487. The van der Waals surface area contributed by atoms with Crippen LogP contribution in [0.15, 0.2) is 59.5 Å². The summed E-state index contributed by atoms with van der Waals surface area (Å²) in [4.78, 5) is 15.3. The third-order valence-electron chi connectivity index (χ3n) is 6.20. The number of rotatable bonds is 5. The van der Waals surface area contributed by atoms with Crippen LogP contribution in [0.4, 0.5) is 0 Å². The van der Waals surface area contributed by atoms with E-state index in [4.69, 9.17) is 11.6 Å². The minimum atomic E-state index is -3.71. The van der Waals surface area contributed by atoms with Crippen molar-refractivity contribution in [2.24, 2.45) is 5.92 Å². The maximum atomic E-state index is 13.2. The van der Waals surface area contributed by atoms with Crippen LogP contribution in [0.1, 0.15) is 31.2 Å².